The van der Waals surface area contributed by atoms with Gasteiger partial charge in [0.25, 0.3) is 0 Å². The monoisotopic (exact) mass is 439 g/mol. The molecule has 4 rings (SSSR count). The van der Waals surface area contributed by atoms with Crippen LogP contribution >= 0.6 is 0 Å². The summed E-state index contributed by atoms with van der Waals surface area (Å²) >= 11 is 0. The summed E-state index contributed by atoms with van der Waals surface area (Å²) in [7, 11) is 0. The Morgan fingerprint density at radius 1 is 0.968 bits per heavy atom. The van der Waals surface area contributed by atoms with Crippen LogP contribution in [0.3, 0.4) is 0 Å². The Bertz CT molecular complexity index is 1110. The molecule has 0 amide bonds. The van der Waals surface area contributed by atoms with E-state index in [1.54, 1.807) is 24.3 Å². The number of aliphatic hydroxyl groups is 4. The molecule has 159 valence electrons. The second-order valence-electron chi connectivity index (χ2n) is 6.97. The zero-order valence-corrected chi connectivity index (χ0v) is 18.6. The molecular formula is C21H20NaO9. The Hall–Kier alpha value is -1.95. The molecule has 1 fully saturated rings. The van der Waals surface area contributed by atoms with Crippen LogP contribution in [-0.2, 0) is 4.74 Å². The van der Waals surface area contributed by atoms with Crippen LogP contribution in [0.1, 0.15) is 0 Å². The SMILES string of the molecule is O=c1cc(-c2ccc(O[C@@H]3O[C@H](CO)[C@H](O)[C@H](O)[C@H]3O)c(O)c2)oc2ccccc12.[Na]. The van der Waals surface area contributed by atoms with Crippen LogP contribution in [0.25, 0.3) is 22.3 Å². The van der Waals surface area contributed by atoms with E-state index in [-0.39, 0.29) is 52.2 Å². The van der Waals surface area contributed by atoms with Crippen LogP contribution < -0.4 is 10.2 Å². The summed E-state index contributed by atoms with van der Waals surface area (Å²) in [6.45, 7) is -0.600. The van der Waals surface area contributed by atoms with E-state index in [9.17, 15) is 30.3 Å². The maximum Gasteiger partial charge on any atom is 0.229 e. The molecule has 9 nitrogen and oxygen atoms in total. The molecule has 2 heterocycles. The molecule has 2 aromatic carbocycles. The minimum Gasteiger partial charge on any atom is -0.504 e. The maximum absolute atomic E-state index is 12.3. The quantitative estimate of drug-likeness (QED) is 0.353. The van der Waals surface area contributed by atoms with Crippen LogP contribution in [0, 0.1) is 0 Å². The van der Waals surface area contributed by atoms with Gasteiger partial charge in [0, 0.05) is 41.2 Å². The number of phenols is 1. The van der Waals surface area contributed by atoms with Gasteiger partial charge in [-0.2, -0.15) is 0 Å². The molecule has 5 N–H and O–H groups in total. The Kier molecular flexibility index (Phi) is 7.40. The number of ether oxygens (including phenoxy) is 2. The first-order valence-corrected chi connectivity index (χ1v) is 9.22. The number of benzene rings is 2. The molecule has 0 unspecified atom stereocenters. The summed E-state index contributed by atoms with van der Waals surface area (Å²) in [4.78, 5) is 12.3. The van der Waals surface area contributed by atoms with E-state index in [1.165, 1.54) is 24.3 Å². The van der Waals surface area contributed by atoms with Crippen LogP contribution in [0.2, 0.25) is 0 Å². The Labute approximate surface area is 198 Å². The first-order valence-electron chi connectivity index (χ1n) is 9.22. The predicted molar refractivity (Wildman–Crippen MR) is 110 cm³/mol. The van der Waals surface area contributed by atoms with Crippen LogP contribution in [0.15, 0.2) is 57.7 Å². The molecule has 31 heavy (non-hydrogen) atoms. The predicted octanol–water partition coefficient (Wildman–Crippen LogP) is -0.0365. The summed E-state index contributed by atoms with van der Waals surface area (Å²) in [6, 6.07) is 12.3. The molecule has 5 atom stereocenters. The van der Waals surface area contributed by atoms with Gasteiger partial charge >= 0.3 is 0 Å². The Balaban J connectivity index is 0.00000272. The van der Waals surface area contributed by atoms with E-state index in [1.807, 2.05) is 0 Å². The van der Waals surface area contributed by atoms with Crippen molar-refractivity contribution in [2.24, 2.45) is 0 Å². The van der Waals surface area contributed by atoms with Gasteiger partial charge in [0.15, 0.2) is 16.9 Å². The standard InChI is InChI=1S/C21H20O9.Na/c22-9-17-18(25)19(26)20(27)21(30-17)29-15-6-5-10(7-13(15)24)16-8-12(23)11-3-1-2-4-14(11)28-16;/h1-8,17-22,24-27H,9H2;/t17-,18+,19+,20-,21-;/m1./s1. The van der Waals surface area contributed by atoms with Crippen molar-refractivity contribution in [3.8, 4) is 22.8 Å². The number of fused-ring (bicyclic) bond motifs is 1. The maximum atomic E-state index is 12.3. The molecule has 1 aliphatic heterocycles. The number of hydrogen-bond donors (Lipinski definition) is 5. The first-order chi connectivity index (χ1) is 14.4. The van der Waals surface area contributed by atoms with Gasteiger partial charge < -0.3 is 39.4 Å². The smallest absolute Gasteiger partial charge is 0.229 e. The van der Waals surface area contributed by atoms with Gasteiger partial charge in [0.1, 0.15) is 35.8 Å². The van der Waals surface area contributed by atoms with Crippen molar-refractivity contribution in [2.45, 2.75) is 30.7 Å². The fourth-order valence-electron chi connectivity index (χ4n) is 3.31. The van der Waals surface area contributed by atoms with Crippen LogP contribution in [0.4, 0.5) is 0 Å². The van der Waals surface area contributed by atoms with Gasteiger partial charge in [0.2, 0.25) is 6.29 Å². The molecule has 1 saturated heterocycles. The number of para-hydroxylation sites is 1. The third kappa shape index (κ3) is 4.64. The topological polar surface area (TPSA) is 150 Å². The van der Waals surface area contributed by atoms with Crippen molar-refractivity contribution in [2.75, 3.05) is 6.61 Å². The Morgan fingerprint density at radius 3 is 2.42 bits per heavy atom. The molecule has 0 saturated carbocycles. The molecule has 0 bridgehead atoms. The van der Waals surface area contributed by atoms with Gasteiger partial charge in [-0.25, -0.2) is 0 Å². The van der Waals surface area contributed by atoms with Crippen molar-refractivity contribution in [1.82, 2.24) is 0 Å². The second kappa shape index (κ2) is 9.68. The van der Waals surface area contributed by atoms with Gasteiger partial charge in [-0.1, -0.05) is 12.1 Å². The van der Waals surface area contributed by atoms with E-state index in [2.05, 4.69) is 0 Å². The van der Waals surface area contributed by atoms with Gasteiger partial charge in [-0.15, -0.1) is 0 Å². The van der Waals surface area contributed by atoms with E-state index in [0.29, 0.717) is 16.5 Å². The second-order valence-corrected chi connectivity index (χ2v) is 6.97. The number of phenolic OH excluding ortho intramolecular Hbond substituents is 1. The molecule has 0 spiro atoms. The van der Waals surface area contributed by atoms with Gasteiger partial charge in [-0.05, 0) is 30.3 Å². The normalized spacial score (nSPS) is 25.7. The van der Waals surface area contributed by atoms with Crippen molar-refractivity contribution in [1.29, 1.82) is 0 Å². The molecule has 1 radical (unpaired) electrons. The van der Waals surface area contributed by atoms with Gasteiger partial charge in [0.05, 0.1) is 12.0 Å². The average molecular weight is 439 g/mol. The van der Waals surface area contributed by atoms with Crippen molar-refractivity contribution in [3.63, 3.8) is 0 Å². The van der Waals surface area contributed by atoms with E-state index >= 15 is 0 Å². The zero-order valence-electron chi connectivity index (χ0n) is 16.6. The van der Waals surface area contributed by atoms with E-state index in [0.717, 1.165) is 0 Å². The minimum absolute atomic E-state index is 0. The fraction of sp³-hybridized carbons (Fsp3) is 0.286. The minimum atomic E-state index is -1.61. The molecule has 3 aromatic rings. The van der Waals surface area contributed by atoms with Crippen molar-refractivity contribution >= 4 is 40.5 Å². The van der Waals surface area contributed by atoms with E-state index in [4.69, 9.17) is 13.9 Å². The molecule has 10 heteroatoms. The number of hydrogen-bond acceptors (Lipinski definition) is 9. The third-order valence-corrected chi connectivity index (χ3v) is 4.97. The van der Waals surface area contributed by atoms with Crippen molar-refractivity contribution in [3.05, 3.63) is 58.8 Å². The Morgan fingerprint density at radius 2 is 1.71 bits per heavy atom. The van der Waals surface area contributed by atoms with Crippen LogP contribution in [0.5, 0.6) is 11.5 Å². The summed E-state index contributed by atoms with van der Waals surface area (Å²) in [6.07, 6.45) is -7.30. The largest absolute Gasteiger partial charge is 0.504 e. The summed E-state index contributed by atoms with van der Waals surface area (Å²) in [5.41, 5.74) is 0.589. The van der Waals surface area contributed by atoms with Crippen LogP contribution in [-0.4, -0.2) is 92.4 Å². The summed E-state index contributed by atoms with van der Waals surface area (Å²) in [5.74, 6) is -0.167. The fourth-order valence-corrected chi connectivity index (χ4v) is 3.31. The number of aromatic hydroxyl groups is 1. The molecule has 1 aliphatic rings. The summed E-state index contributed by atoms with van der Waals surface area (Å²) < 4.78 is 16.4. The van der Waals surface area contributed by atoms with Gasteiger partial charge in [-0.3, -0.25) is 4.79 Å². The molecular weight excluding hydrogens is 419 g/mol. The average Bonchev–Trinajstić information content (AvgIpc) is 2.75. The van der Waals surface area contributed by atoms with E-state index < -0.39 is 37.3 Å². The number of aliphatic hydroxyl groups excluding tert-OH is 4. The zero-order chi connectivity index (χ0) is 21.4. The molecule has 0 aliphatic carbocycles. The molecule has 1 aromatic heterocycles. The third-order valence-electron chi connectivity index (χ3n) is 4.97. The summed E-state index contributed by atoms with van der Waals surface area (Å²) in [5, 5.41) is 49.8. The van der Waals surface area contributed by atoms with Crippen molar-refractivity contribution < 1.29 is 39.4 Å². The number of rotatable bonds is 4. The first kappa shape index (κ1) is 23.7.